The van der Waals surface area contributed by atoms with Crippen LogP contribution >= 0.6 is 0 Å². The van der Waals surface area contributed by atoms with E-state index in [9.17, 15) is 0 Å². The van der Waals surface area contributed by atoms with Crippen LogP contribution in [0.3, 0.4) is 0 Å². The van der Waals surface area contributed by atoms with Gasteiger partial charge in [-0.25, -0.2) is 0 Å². The molecule has 0 aromatic carbocycles. The lowest BCUT2D eigenvalue weighted by atomic mass is 9.85. The van der Waals surface area contributed by atoms with E-state index in [1.807, 2.05) is 0 Å². The molecule has 3 rings (SSSR count). The van der Waals surface area contributed by atoms with E-state index >= 15 is 0 Å². The van der Waals surface area contributed by atoms with E-state index in [2.05, 4.69) is 17.1 Å². The molecule has 2 aliphatic heterocycles. The Labute approximate surface area is 124 Å². The molecule has 4 unspecified atom stereocenters. The van der Waals surface area contributed by atoms with Crippen molar-refractivity contribution < 1.29 is 4.74 Å². The third kappa shape index (κ3) is 3.37. The Kier molecular flexibility index (Phi) is 5.36. The number of ether oxygens (including phenoxy) is 1. The second-order valence-electron chi connectivity index (χ2n) is 7.08. The zero-order valence-corrected chi connectivity index (χ0v) is 13.2. The van der Waals surface area contributed by atoms with E-state index in [-0.39, 0.29) is 0 Å². The molecular formula is C17H32N2O. The van der Waals surface area contributed by atoms with E-state index in [1.54, 1.807) is 0 Å². The summed E-state index contributed by atoms with van der Waals surface area (Å²) in [5.74, 6) is 1.75. The molecule has 0 radical (unpaired) electrons. The van der Waals surface area contributed by atoms with Crippen LogP contribution in [0.1, 0.15) is 51.9 Å². The average molecular weight is 280 g/mol. The standard InChI is InChI=1S/C17H32N2O/c1-2-9-18-16(15-8-11-20-13-15)12-19-10-7-14-5-3-4-6-17(14)19/h14-18H,2-13H2,1H3. The van der Waals surface area contributed by atoms with Crippen LogP contribution in [-0.2, 0) is 4.74 Å². The summed E-state index contributed by atoms with van der Waals surface area (Å²) in [6.45, 7) is 7.97. The quantitative estimate of drug-likeness (QED) is 0.809. The minimum atomic E-state index is 0.651. The molecule has 1 N–H and O–H groups in total. The summed E-state index contributed by atoms with van der Waals surface area (Å²) in [6, 6.07) is 1.55. The van der Waals surface area contributed by atoms with Crippen molar-refractivity contribution in [2.24, 2.45) is 11.8 Å². The fourth-order valence-electron chi connectivity index (χ4n) is 4.56. The van der Waals surface area contributed by atoms with Crippen molar-refractivity contribution in [1.29, 1.82) is 0 Å². The molecule has 3 heteroatoms. The molecule has 3 nitrogen and oxygen atoms in total. The molecule has 1 saturated carbocycles. The Morgan fingerprint density at radius 1 is 1.20 bits per heavy atom. The van der Waals surface area contributed by atoms with Crippen LogP contribution in [0.2, 0.25) is 0 Å². The molecule has 0 aromatic rings. The average Bonchev–Trinajstić information content (AvgIpc) is 3.13. The molecular weight excluding hydrogens is 248 g/mol. The maximum absolute atomic E-state index is 5.63. The molecule has 0 spiro atoms. The summed E-state index contributed by atoms with van der Waals surface area (Å²) in [4.78, 5) is 2.81. The molecule has 4 atom stereocenters. The molecule has 2 heterocycles. The van der Waals surface area contributed by atoms with Crippen LogP contribution in [0.5, 0.6) is 0 Å². The van der Waals surface area contributed by atoms with E-state index in [0.717, 1.165) is 37.6 Å². The first-order chi connectivity index (χ1) is 9.88. The Morgan fingerprint density at radius 3 is 2.90 bits per heavy atom. The van der Waals surface area contributed by atoms with Gasteiger partial charge >= 0.3 is 0 Å². The maximum Gasteiger partial charge on any atom is 0.0510 e. The summed E-state index contributed by atoms with van der Waals surface area (Å²) in [5.41, 5.74) is 0. The van der Waals surface area contributed by atoms with E-state index in [1.165, 1.54) is 58.0 Å². The zero-order chi connectivity index (χ0) is 13.8. The first kappa shape index (κ1) is 14.8. The molecule has 2 saturated heterocycles. The number of hydrogen-bond acceptors (Lipinski definition) is 3. The van der Waals surface area contributed by atoms with Crippen molar-refractivity contribution in [3.8, 4) is 0 Å². The van der Waals surface area contributed by atoms with Crippen molar-refractivity contribution in [3.63, 3.8) is 0 Å². The fraction of sp³-hybridized carbons (Fsp3) is 1.00. The lowest BCUT2D eigenvalue weighted by Gasteiger charge is -2.35. The third-order valence-electron chi connectivity index (χ3n) is 5.75. The molecule has 3 aliphatic rings. The summed E-state index contributed by atoms with van der Waals surface area (Å²) in [6.07, 6.45) is 9.80. The van der Waals surface area contributed by atoms with E-state index < -0.39 is 0 Å². The molecule has 116 valence electrons. The van der Waals surface area contributed by atoms with E-state index in [0.29, 0.717) is 6.04 Å². The van der Waals surface area contributed by atoms with Gasteiger partial charge in [-0.2, -0.15) is 0 Å². The Hall–Kier alpha value is -0.120. The second kappa shape index (κ2) is 7.24. The van der Waals surface area contributed by atoms with Crippen LogP contribution in [0.25, 0.3) is 0 Å². The third-order valence-corrected chi connectivity index (χ3v) is 5.75. The summed E-state index contributed by atoms with van der Waals surface area (Å²) in [5, 5.41) is 3.81. The molecule has 0 aromatic heterocycles. The highest BCUT2D eigenvalue weighted by Crippen LogP contribution is 2.36. The van der Waals surface area contributed by atoms with Gasteiger partial charge in [0, 0.05) is 31.2 Å². The van der Waals surface area contributed by atoms with Crippen molar-refractivity contribution in [1.82, 2.24) is 10.2 Å². The highest BCUT2D eigenvalue weighted by molar-refractivity contribution is 4.93. The van der Waals surface area contributed by atoms with Crippen LogP contribution in [0.4, 0.5) is 0 Å². The predicted molar refractivity (Wildman–Crippen MR) is 82.9 cm³/mol. The van der Waals surface area contributed by atoms with Gasteiger partial charge in [0.2, 0.25) is 0 Å². The van der Waals surface area contributed by atoms with Crippen LogP contribution in [0.15, 0.2) is 0 Å². The normalized spacial score (nSPS) is 36.1. The highest BCUT2D eigenvalue weighted by Gasteiger charge is 2.37. The first-order valence-corrected chi connectivity index (χ1v) is 8.93. The highest BCUT2D eigenvalue weighted by atomic mass is 16.5. The van der Waals surface area contributed by atoms with Crippen LogP contribution < -0.4 is 5.32 Å². The Balaban J connectivity index is 1.57. The smallest absolute Gasteiger partial charge is 0.0510 e. The topological polar surface area (TPSA) is 24.5 Å². The molecule has 20 heavy (non-hydrogen) atoms. The van der Waals surface area contributed by atoms with Crippen molar-refractivity contribution in [2.45, 2.75) is 64.0 Å². The van der Waals surface area contributed by atoms with Crippen molar-refractivity contribution in [2.75, 3.05) is 32.8 Å². The van der Waals surface area contributed by atoms with Gasteiger partial charge in [-0.1, -0.05) is 19.8 Å². The molecule has 0 bridgehead atoms. The van der Waals surface area contributed by atoms with Gasteiger partial charge in [0.1, 0.15) is 0 Å². The number of likely N-dealkylation sites (tertiary alicyclic amines) is 1. The number of fused-ring (bicyclic) bond motifs is 1. The van der Waals surface area contributed by atoms with Crippen molar-refractivity contribution in [3.05, 3.63) is 0 Å². The van der Waals surface area contributed by atoms with Crippen LogP contribution in [-0.4, -0.2) is 49.8 Å². The van der Waals surface area contributed by atoms with Gasteiger partial charge < -0.3 is 10.1 Å². The van der Waals surface area contributed by atoms with Crippen molar-refractivity contribution >= 4 is 0 Å². The number of hydrogen-bond donors (Lipinski definition) is 1. The molecule has 3 fully saturated rings. The van der Waals surface area contributed by atoms with Gasteiger partial charge in [-0.15, -0.1) is 0 Å². The minimum absolute atomic E-state index is 0.651. The van der Waals surface area contributed by atoms with Crippen LogP contribution in [0, 0.1) is 11.8 Å². The monoisotopic (exact) mass is 280 g/mol. The van der Waals surface area contributed by atoms with Gasteiger partial charge in [0.25, 0.3) is 0 Å². The first-order valence-electron chi connectivity index (χ1n) is 8.93. The SMILES string of the molecule is CCCNC(CN1CCC2CCCCC21)C1CCOC1. The number of nitrogens with zero attached hydrogens (tertiary/aromatic N) is 1. The summed E-state index contributed by atoms with van der Waals surface area (Å²) < 4.78 is 5.63. The Bertz CT molecular complexity index is 291. The number of rotatable bonds is 6. The summed E-state index contributed by atoms with van der Waals surface area (Å²) >= 11 is 0. The van der Waals surface area contributed by atoms with Gasteiger partial charge in [-0.3, -0.25) is 4.90 Å². The largest absolute Gasteiger partial charge is 0.381 e. The maximum atomic E-state index is 5.63. The molecule has 0 amide bonds. The fourth-order valence-corrected chi connectivity index (χ4v) is 4.56. The lowest BCUT2D eigenvalue weighted by Crippen LogP contribution is -2.48. The van der Waals surface area contributed by atoms with Gasteiger partial charge in [0.05, 0.1) is 6.61 Å². The minimum Gasteiger partial charge on any atom is -0.381 e. The second-order valence-corrected chi connectivity index (χ2v) is 7.08. The van der Waals surface area contributed by atoms with Gasteiger partial charge in [0.15, 0.2) is 0 Å². The van der Waals surface area contributed by atoms with E-state index in [4.69, 9.17) is 4.74 Å². The lowest BCUT2D eigenvalue weighted by molar-refractivity contribution is 0.137. The summed E-state index contributed by atoms with van der Waals surface area (Å²) in [7, 11) is 0. The van der Waals surface area contributed by atoms with Gasteiger partial charge in [-0.05, 0) is 51.1 Å². The molecule has 1 aliphatic carbocycles. The predicted octanol–water partition coefficient (Wildman–Crippen LogP) is 2.66. The number of nitrogens with one attached hydrogen (secondary N) is 1. The zero-order valence-electron chi connectivity index (χ0n) is 13.2. The Morgan fingerprint density at radius 2 is 2.10 bits per heavy atom.